The maximum absolute atomic E-state index is 11.9. The first-order chi connectivity index (χ1) is 8.26. The van der Waals surface area contributed by atoms with Crippen molar-refractivity contribution in [3.05, 3.63) is 18.0 Å². The number of amides is 1. The Morgan fingerprint density at radius 3 is 3.12 bits per heavy atom. The molecule has 0 radical (unpaired) electrons. The quantitative estimate of drug-likeness (QED) is 0.716. The summed E-state index contributed by atoms with van der Waals surface area (Å²) < 4.78 is 1.19. The van der Waals surface area contributed by atoms with Gasteiger partial charge in [0.2, 0.25) is 0 Å². The van der Waals surface area contributed by atoms with Crippen molar-refractivity contribution in [1.82, 2.24) is 20.4 Å². The van der Waals surface area contributed by atoms with Crippen LogP contribution >= 0.6 is 0 Å². The lowest BCUT2D eigenvalue weighted by atomic mass is 10.1. The fourth-order valence-corrected chi connectivity index (χ4v) is 2.73. The van der Waals surface area contributed by atoms with Crippen molar-refractivity contribution in [2.45, 2.75) is 24.9 Å². The van der Waals surface area contributed by atoms with E-state index in [2.05, 4.69) is 15.7 Å². The summed E-state index contributed by atoms with van der Waals surface area (Å²) in [6.07, 6.45) is 5.01. The molecule has 1 aliphatic carbocycles. The van der Waals surface area contributed by atoms with Crippen LogP contribution in [0.2, 0.25) is 0 Å². The van der Waals surface area contributed by atoms with E-state index in [1.54, 1.807) is 0 Å². The lowest BCUT2D eigenvalue weighted by molar-refractivity contribution is 0.231. The number of fused-ring (bicyclic) bond motifs is 2. The summed E-state index contributed by atoms with van der Waals surface area (Å²) in [6, 6.07) is 2.28. The van der Waals surface area contributed by atoms with Gasteiger partial charge in [-0.05, 0) is 25.3 Å². The zero-order valence-electron chi connectivity index (χ0n) is 9.26. The van der Waals surface area contributed by atoms with Gasteiger partial charge in [0, 0.05) is 12.1 Å². The maximum atomic E-state index is 11.9. The molecule has 1 saturated heterocycles. The number of rotatable bonds is 1. The van der Waals surface area contributed by atoms with Crippen molar-refractivity contribution >= 4 is 6.03 Å². The van der Waals surface area contributed by atoms with Crippen molar-refractivity contribution in [3.63, 3.8) is 0 Å². The van der Waals surface area contributed by atoms with Crippen molar-refractivity contribution in [1.29, 1.82) is 5.26 Å². The average Bonchev–Trinajstić information content (AvgIpc) is 3.04. The normalized spacial score (nSPS) is 30.2. The zero-order valence-corrected chi connectivity index (χ0v) is 9.26. The average molecular weight is 231 g/mol. The third kappa shape index (κ3) is 1.78. The number of carbonyl (C=O) groups is 1. The second kappa shape index (κ2) is 3.86. The Morgan fingerprint density at radius 1 is 1.65 bits per heavy atom. The van der Waals surface area contributed by atoms with Gasteiger partial charge in [-0.15, -0.1) is 0 Å². The van der Waals surface area contributed by atoms with E-state index >= 15 is 0 Å². The van der Waals surface area contributed by atoms with Gasteiger partial charge in [-0.2, -0.15) is 15.0 Å². The summed E-state index contributed by atoms with van der Waals surface area (Å²) in [5, 5.41) is 18.8. The Hall–Kier alpha value is -1.87. The highest BCUT2D eigenvalue weighted by Crippen LogP contribution is 2.30. The molecule has 1 aromatic heterocycles. The Morgan fingerprint density at radius 2 is 2.53 bits per heavy atom. The van der Waals surface area contributed by atoms with Gasteiger partial charge in [0.15, 0.2) is 0 Å². The van der Waals surface area contributed by atoms with Crippen LogP contribution in [0.4, 0.5) is 4.79 Å². The monoisotopic (exact) mass is 231 g/mol. The Labute approximate surface area is 98.6 Å². The Kier molecular flexibility index (Phi) is 2.34. The predicted octanol–water partition coefficient (Wildman–Crippen LogP) is 0.0629. The topological polar surface area (TPSA) is 82.7 Å². The first-order valence-corrected chi connectivity index (χ1v) is 5.75. The van der Waals surface area contributed by atoms with Crippen molar-refractivity contribution in [3.8, 4) is 6.07 Å². The van der Waals surface area contributed by atoms with E-state index in [1.807, 2.05) is 6.07 Å². The second-order valence-corrected chi connectivity index (χ2v) is 4.69. The van der Waals surface area contributed by atoms with Crippen LogP contribution in [0.25, 0.3) is 0 Å². The molecule has 3 rings (SSSR count). The van der Waals surface area contributed by atoms with Crippen LogP contribution in [0.3, 0.4) is 0 Å². The minimum absolute atomic E-state index is 0.191. The van der Waals surface area contributed by atoms with Gasteiger partial charge in [0.05, 0.1) is 18.0 Å². The number of nitrogens with zero attached hydrogens (tertiary/aromatic N) is 3. The number of hydrogen-bond donors (Lipinski definition) is 2. The van der Waals surface area contributed by atoms with E-state index in [1.165, 1.54) is 17.1 Å². The molecule has 0 spiro atoms. The summed E-state index contributed by atoms with van der Waals surface area (Å²) in [7, 11) is 0. The molecule has 1 aliphatic heterocycles. The third-order valence-corrected chi connectivity index (χ3v) is 3.56. The molecule has 1 saturated carbocycles. The molecule has 6 nitrogen and oxygen atoms in total. The Balaban J connectivity index is 1.66. The lowest BCUT2D eigenvalue weighted by Crippen LogP contribution is -2.49. The molecule has 2 fully saturated rings. The second-order valence-electron chi connectivity index (χ2n) is 4.69. The van der Waals surface area contributed by atoms with Gasteiger partial charge < -0.3 is 10.6 Å². The van der Waals surface area contributed by atoms with Gasteiger partial charge in [-0.1, -0.05) is 0 Å². The molecular formula is C11H13N5O. The van der Waals surface area contributed by atoms with E-state index in [0.29, 0.717) is 17.5 Å². The number of piperidine rings is 1. The lowest BCUT2D eigenvalue weighted by Gasteiger charge is -2.23. The van der Waals surface area contributed by atoms with Crippen LogP contribution in [0.15, 0.2) is 12.4 Å². The van der Waals surface area contributed by atoms with Gasteiger partial charge in [0.25, 0.3) is 0 Å². The van der Waals surface area contributed by atoms with Crippen molar-refractivity contribution < 1.29 is 4.79 Å². The molecule has 1 aromatic rings. The smallest absolute Gasteiger partial charge is 0.332 e. The number of hydrogen-bond acceptors (Lipinski definition) is 4. The summed E-state index contributed by atoms with van der Waals surface area (Å²) in [5.74, 6) is 0.692. The van der Waals surface area contributed by atoms with Crippen LogP contribution in [0.5, 0.6) is 0 Å². The molecule has 2 heterocycles. The Bertz CT molecular complexity index is 488. The molecule has 1 amide bonds. The number of aromatic nitrogens is 2. The zero-order chi connectivity index (χ0) is 11.8. The first-order valence-electron chi connectivity index (χ1n) is 5.75. The van der Waals surface area contributed by atoms with Crippen LogP contribution in [-0.4, -0.2) is 34.4 Å². The number of nitrogens with one attached hydrogen (secondary N) is 2. The minimum atomic E-state index is -0.258. The van der Waals surface area contributed by atoms with Crippen LogP contribution in [0.1, 0.15) is 18.4 Å². The third-order valence-electron chi connectivity index (χ3n) is 3.56. The van der Waals surface area contributed by atoms with Crippen LogP contribution in [0, 0.1) is 17.2 Å². The molecular weight excluding hydrogens is 218 g/mol. The van der Waals surface area contributed by atoms with Crippen LogP contribution < -0.4 is 10.6 Å². The summed E-state index contributed by atoms with van der Waals surface area (Å²) in [6.45, 7) is 1.07. The maximum Gasteiger partial charge on any atom is 0.342 e. The SMILES string of the molecule is N#Cc1cnn(C(=O)NC2CC3CNC2C3)c1. The first kappa shape index (κ1) is 10.3. The molecule has 2 aliphatic rings. The minimum Gasteiger partial charge on any atom is -0.332 e. The highest BCUT2D eigenvalue weighted by Gasteiger charge is 2.40. The molecule has 3 atom stereocenters. The molecule has 17 heavy (non-hydrogen) atoms. The van der Waals surface area contributed by atoms with Gasteiger partial charge in [0.1, 0.15) is 6.07 Å². The summed E-state index contributed by atoms with van der Waals surface area (Å²) >= 11 is 0. The molecule has 2 N–H and O–H groups in total. The van der Waals surface area contributed by atoms with Crippen molar-refractivity contribution in [2.75, 3.05) is 6.54 Å². The highest BCUT2D eigenvalue weighted by atomic mass is 16.2. The van der Waals surface area contributed by atoms with Crippen molar-refractivity contribution in [2.24, 2.45) is 5.92 Å². The number of carbonyl (C=O) groups excluding carboxylic acids is 1. The number of nitriles is 1. The van der Waals surface area contributed by atoms with Gasteiger partial charge >= 0.3 is 6.03 Å². The fourth-order valence-electron chi connectivity index (χ4n) is 2.73. The van der Waals surface area contributed by atoms with Crippen LogP contribution in [-0.2, 0) is 0 Å². The highest BCUT2D eigenvalue weighted by molar-refractivity contribution is 5.76. The summed E-state index contributed by atoms with van der Waals surface area (Å²) in [5.41, 5.74) is 0.395. The largest absolute Gasteiger partial charge is 0.342 e. The van der Waals surface area contributed by atoms with E-state index < -0.39 is 0 Å². The standard InChI is InChI=1S/C11H13N5O/c12-3-8-5-14-16(6-8)11(17)15-10-2-7-1-9(10)13-4-7/h5-7,9-10,13H,1-2,4H2,(H,15,17). The van der Waals surface area contributed by atoms with E-state index in [0.717, 1.165) is 19.4 Å². The predicted molar refractivity (Wildman–Crippen MR) is 59.2 cm³/mol. The van der Waals surface area contributed by atoms with E-state index in [4.69, 9.17) is 5.26 Å². The van der Waals surface area contributed by atoms with E-state index in [9.17, 15) is 4.79 Å². The molecule has 88 valence electrons. The molecule has 6 heteroatoms. The molecule has 3 unspecified atom stereocenters. The summed E-state index contributed by atoms with van der Waals surface area (Å²) in [4.78, 5) is 11.9. The fraction of sp³-hybridized carbons (Fsp3) is 0.545. The van der Waals surface area contributed by atoms with E-state index in [-0.39, 0.29) is 12.1 Å². The van der Waals surface area contributed by atoms with Gasteiger partial charge in [-0.3, -0.25) is 0 Å². The molecule has 2 bridgehead atoms. The van der Waals surface area contributed by atoms with Gasteiger partial charge in [-0.25, -0.2) is 4.79 Å². The molecule has 0 aromatic carbocycles.